The van der Waals surface area contributed by atoms with Crippen LogP contribution in [0.15, 0.2) is 24.3 Å². The summed E-state index contributed by atoms with van der Waals surface area (Å²) in [4.78, 5) is 26.5. The number of nitrogens with two attached hydrogens (primary N) is 1. The Morgan fingerprint density at radius 1 is 1.39 bits per heavy atom. The molecule has 0 radical (unpaired) electrons. The van der Waals surface area contributed by atoms with Gasteiger partial charge in [-0.25, -0.2) is 0 Å². The number of nitrogens with zero attached hydrogens (tertiary/aromatic N) is 1. The number of amides is 2. The molecule has 0 aliphatic carbocycles. The van der Waals surface area contributed by atoms with Gasteiger partial charge < -0.3 is 16.0 Å². The Labute approximate surface area is 142 Å². The van der Waals surface area contributed by atoms with E-state index in [1.165, 1.54) is 0 Å². The summed E-state index contributed by atoms with van der Waals surface area (Å²) in [6, 6.07) is 6.85. The fourth-order valence-corrected chi connectivity index (χ4v) is 2.78. The summed E-state index contributed by atoms with van der Waals surface area (Å²) in [6.45, 7) is 4.27. The molecule has 2 unspecified atom stereocenters. The van der Waals surface area contributed by atoms with Crippen molar-refractivity contribution in [1.29, 1.82) is 0 Å². The van der Waals surface area contributed by atoms with Crippen molar-refractivity contribution >= 4 is 23.4 Å². The van der Waals surface area contributed by atoms with Crippen LogP contribution in [0.4, 0.5) is 0 Å². The Hall–Kier alpha value is -1.59. The first-order valence-electron chi connectivity index (χ1n) is 8.04. The molecule has 0 spiro atoms. The molecule has 1 saturated heterocycles. The SMILES string of the molecule is CC(CN)CNC(=O)C1CCCN(C(=O)c2ccc(Cl)cc2)C1. The number of carbonyl (C=O) groups excluding carboxylic acids is 2. The van der Waals surface area contributed by atoms with E-state index in [1.807, 2.05) is 6.92 Å². The fraction of sp³-hybridized carbons (Fsp3) is 0.529. The number of rotatable bonds is 5. The molecular formula is C17H24ClN3O2. The van der Waals surface area contributed by atoms with E-state index in [1.54, 1.807) is 29.2 Å². The molecule has 1 aromatic carbocycles. The van der Waals surface area contributed by atoms with Crippen LogP contribution in [0, 0.1) is 11.8 Å². The third kappa shape index (κ3) is 4.94. The Kier molecular flexibility index (Phi) is 6.42. The highest BCUT2D eigenvalue weighted by molar-refractivity contribution is 6.30. The van der Waals surface area contributed by atoms with Gasteiger partial charge in [-0.2, -0.15) is 0 Å². The van der Waals surface area contributed by atoms with Crippen LogP contribution in [-0.4, -0.2) is 42.9 Å². The zero-order chi connectivity index (χ0) is 16.8. The van der Waals surface area contributed by atoms with E-state index in [2.05, 4.69) is 5.32 Å². The van der Waals surface area contributed by atoms with Gasteiger partial charge in [0.05, 0.1) is 5.92 Å². The summed E-state index contributed by atoms with van der Waals surface area (Å²) >= 11 is 5.85. The summed E-state index contributed by atoms with van der Waals surface area (Å²) in [6.07, 6.45) is 1.65. The molecule has 3 N–H and O–H groups in total. The molecule has 2 atom stereocenters. The highest BCUT2D eigenvalue weighted by atomic mass is 35.5. The van der Waals surface area contributed by atoms with Gasteiger partial charge in [0, 0.05) is 30.2 Å². The van der Waals surface area contributed by atoms with E-state index in [9.17, 15) is 9.59 Å². The third-order valence-corrected chi connectivity index (χ3v) is 4.45. The lowest BCUT2D eigenvalue weighted by molar-refractivity contribution is -0.126. The minimum absolute atomic E-state index is 0.0129. The van der Waals surface area contributed by atoms with Crippen LogP contribution >= 0.6 is 11.6 Å². The lowest BCUT2D eigenvalue weighted by Crippen LogP contribution is -2.46. The largest absolute Gasteiger partial charge is 0.355 e. The number of hydrogen-bond acceptors (Lipinski definition) is 3. The van der Waals surface area contributed by atoms with Crippen molar-refractivity contribution in [2.24, 2.45) is 17.6 Å². The van der Waals surface area contributed by atoms with Crippen molar-refractivity contribution in [3.63, 3.8) is 0 Å². The first-order valence-corrected chi connectivity index (χ1v) is 8.41. The molecule has 1 aliphatic rings. The van der Waals surface area contributed by atoms with Gasteiger partial charge in [-0.3, -0.25) is 9.59 Å². The summed E-state index contributed by atoms with van der Waals surface area (Å²) in [5.41, 5.74) is 6.16. The molecular weight excluding hydrogens is 314 g/mol. The predicted octanol–water partition coefficient (Wildman–Crippen LogP) is 1.90. The Morgan fingerprint density at radius 3 is 2.74 bits per heavy atom. The van der Waals surface area contributed by atoms with Crippen LogP contribution in [-0.2, 0) is 4.79 Å². The van der Waals surface area contributed by atoms with Crippen molar-refractivity contribution in [3.05, 3.63) is 34.9 Å². The molecule has 6 heteroatoms. The van der Waals surface area contributed by atoms with Crippen LogP contribution in [0.5, 0.6) is 0 Å². The number of nitrogens with one attached hydrogen (secondary N) is 1. The van der Waals surface area contributed by atoms with Crippen molar-refractivity contribution in [2.75, 3.05) is 26.2 Å². The second kappa shape index (κ2) is 8.31. The zero-order valence-corrected chi connectivity index (χ0v) is 14.2. The van der Waals surface area contributed by atoms with Crippen LogP contribution in [0.3, 0.4) is 0 Å². The molecule has 2 rings (SSSR count). The van der Waals surface area contributed by atoms with Gasteiger partial charge >= 0.3 is 0 Å². The van der Waals surface area contributed by atoms with Gasteiger partial charge in [-0.05, 0) is 49.6 Å². The minimum Gasteiger partial charge on any atom is -0.355 e. The van der Waals surface area contributed by atoms with Crippen molar-refractivity contribution in [2.45, 2.75) is 19.8 Å². The van der Waals surface area contributed by atoms with Gasteiger partial charge in [-0.1, -0.05) is 18.5 Å². The second-order valence-corrected chi connectivity index (χ2v) is 6.62. The molecule has 2 amide bonds. The highest BCUT2D eigenvalue weighted by Gasteiger charge is 2.28. The number of likely N-dealkylation sites (tertiary alicyclic amines) is 1. The van der Waals surface area contributed by atoms with E-state index in [0.717, 1.165) is 12.8 Å². The van der Waals surface area contributed by atoms with Gasteiger partial charge in [0.1, 0.15) is 0 Å². The first kappa shape index (κ1) is 17.8. The molecule has 0 saturated carbocycles. The third-order valence-electron chi connectivity index (χ3n) is 4.20. The topological polar surface area (TPSA) is 75.4 Å². The standard InChI is InChI=1S/C17H24ClN3O2/c1-12(9-19)10-20-16(22)14-3-2-8-21(11-14)17(23)13-4-6-15(18)7-5-13/h4-7,12,14H,2-3,8-11,19H2,1H3,(H,20,22). The summed E-state index contributed by atoms with van der Waals surface area (Å²) < 4.78 is 0. The predicted molar refractivity (Wildman–Crippen MR) is 91.3 cm³/mol. The molecule has 1 fully saturated rings. The molecule has 1 aliphatic heterocycles. The average Bonchev–Trinajstić information content (AvgIpc) is 2.59. The van der Waals surface area contributed by atoms with Gasteiger partial charge in [-0.15, -0.1) is 0 Å². The highest BCUT2D eigenvalue weighted by Crippen LogP contribution is 2.20. The molecule has 23 heavy (non-hydrogen) atoms. The van der Waals surface area contributed by atoms with E-state index in [-0.39, 0.29) is 23.7 Å². The Balaban J connectivity index is 1.93. The number of carbonyl (C=O) groups is 2. The first-order chi connectivity index (χ1) is 11.0. The number of benzene rings is 1. The lowest BCUT2D eigenvalue weighted by atomic mass is 9.96. The Morgan fingerprint density at radius 2 is 2.09 bits per heavy atom. The summed E-state index contributed by atoms with van der Waals surface area (Å²) in [7, 11) is 0. The Bertz CT molecular complexity index is 547. The zero-order valence-electron chi connectivity index (χ0n) is 13.4. The van der Waals surface area contributed by atoms with Crippen molar-refractivity contribution in [1.82, 2.24) is 10.2 Å². The van der Waals surface area contributed by atoms with Crippen LogP contribution in [0.2, 0.25) is 5.02 Å². The van der Waals surface area contributed by atoms with E-state index < -0.39 is 0 Å². The molecule has 126 valence electrons. The van der Waals surface area contributed by atoms with Crippen LogP contribution in [0.25, 0.3) is 0 Å². The van der Waals surface area contributed by atoms with Crippen molar-refractivity contribution < 1.29 is 9.59 Å². The van der Waals surface area contributed by atoms with Crippen LogP contribution < -0.4 is 11.1 Å². The number of hydrogen-bond donors (Lipinski definition) is 2. The lowest BCUT2D eigenvalue weighted by Gasteiger charge is -2.32. The van der Waals surface area contributed by atoms with Crippen LogP contribution in [0.1, 0.15) is 30.1 Å². The molecule has 1 heterocycles. The number of piperidine rings is 1. The van der Waals surface area contributed by atoms with Crippen molar-refractivity contribution in [3.8, 4) is 0 Å². The van der Waals surface area contributed by atoms with E-state index in [4.69, 9.17) is 17.3 Å². The molecule has 0 bridgehead atoms. The smallest absolute Gasteiger partial charge is 0.253 e. The van der Waals surface area contributed by atoms with Gasteiger partial charge in [0.15, 0.2) is 0 Å². The minimum atomic E-state index is -0.148. The second-order valence-electron chi connectivity index (χ2n) is 6.18. The maximum Gasteiger partial charge on any atom is 0.253 e. The quantitative estimate of drug-likeness (QED) is 0.861. The molecule has 0 aromatic heterocycles. The molecule has 1 aromatic rings. The summed E-state index contributed by atoms with van der Waals surface area (Å²) in [5.74, 6) is 0.0766. The van der Waals surface area contributed by atoms with E-state index >= 15 is 0 Å². The van der Waals surface area contributed by atoms with Gasteiger partial charge in [0.25, 0.3) is 5.91 Å². The maximum atomic E-state index is 12.5. The molecule has 5 nitrogen and oxygen atoms in total. The monoisotopic (exact) mass is 337 g/mol. The fourth-order valence-electron chi connectivity index (χ4n) is 2.65. The summed E-state index contributed by atoms with van der Waals surface area (Å²) in [5, 5.41) is 3.54. The number of halogens is 1. The average molecular weight is 338 g/mol. The van der Waals surface area contributed by atoms with E-state index in [0.29, 0.717) is 36.8 Å². The maximum absolute atomic E-state index is 12.5. The normalized spacial score (nSPS) is 19.3. The van der Waals surface area contributed by atoms with Gasteiger partial charge in [0.2, 0.25) is 5.91 Å².